The quantitative estimate of drug-likeness (QED) is 0.642. The zero-order valence-corrected chi connectivity index (χ0v) is 11.3. The SMILES string of the molecule is CCNC(=O)NC(=O)CN(CC)C1CCNCC1. The van der Waals surface area contributed by atoms with Gasteiger partial charge in [0.25, 0.3) is 0 Å². The third kappa shape index (κ3) is 5.01. The Morgan fingerprint density at radius 3 is 2.50 bits per heavy atom. The third-order valence-corrected chi connectivity index (χ3v) is 3.17. The van der Waals surface area contributed by atoms with Crippen LogP contribution in [-0.4, -0.2) is 55.6 Å². The van der Waals surface area contributed by atoms with Crippen LogP contribution >= 0.6 is 0 Å². The van der Waals surface area contributed by atoms with Crippen molar-refractivity contribution in [3.05, 3.63) is 0 Å². The Morgan fingerprint density at radius 2 is 1.94 bits per heavy atom. The van der Waals surface area contributed by atoms with Gasteiger partial charge in [-0.2, -0.15) is 0 Å². The van der Waals surface area contributed by atoms with Crippen LogP contribution in [0.25, 0.3) is 0 Å². The van der Waals surface area contributed by atoms with Crippen LogP contribution in [0.15, 0.2) is 0 Å². The topological polar surface area (TPSA) is 73.5 Å². The summed E-state index contributed by atoms with van der Waals surface area (Å²) in [6.45, 7) is 7.49. The molecule has 1 aliphatic heterocycles. The average Bonchev–Trinajstić information content (AvgIpc) is 2.37. The summed E-state index contributed by atoms with van der Waals surface area (Å²) < 4.78 is 0. The molecule has 6 heteroatoms. The fourth-order valence-corrected chi connectivity index (χ4v) is 2.23. The Bertz CT molecular complexity index is 277. The molecule has 0 aliphatic carbocycles. The van der Waals surface area contributed by atoms with Gasteiger partial charge in [0.15, 0.2) is 0 Å². The Kier molecular flexibility index (Phi) is 6.67. The number of amides is 3. The number of imide groups is 1. The molecule has 1 rings (SSSR count). The minimum absolute atomic E-state index is 0.235. The summed E-state index contributed by atoms with van der Waals surface area (Å²) in [5.41, 5.74) is 0. The van der Waals surface area contributed by atoms with Gasteiger partial charge >= 0.3 is 6.03 Å². The molecule has 0 bridgehead atoms. The number of nitrogens with zero attached hydrogens (tertiary/aromatic N) is 1. The number of hydrogen-bond acceptors (Lipinski definition) is 4. The van der Waals surface area contributed by atoms with Crippen LogP contribution < -0.4 is 16.0 Å². The fourth-order valence-electron chi connectivity index (χ4n) is 2.23. The van der Waals surface area contributed by atoms with E-state index in [1.54, 1.807) is 0 Å². The van der Waals surface area contributed by atoms with Gasteiger partial charge in [-0.1, -0.05) is 6.92 Å². The second-order valence-electron chi connectivity index (χ2n) is 4.45. The van der Waals surface area contributed by atoms with E-state index in [0.717, 1.165) is 32.5 Å². The highest BCUT2D eigenvalue weighted by molar-refractivity contribution is 5.95. The molecule has 3 N–H and O–H groups in total. The van der Waals surface area contributed by atoms with Crippen LogP contribution in [-0.2, 0) is 4.79 Å². The third-order valence-electron chi connectivity index (χ3n) is 3.17. The highest BCUT2D eigenvalue weighted by atomic mass is 16.2. The molecule has 1 aliphatic rings. The van der Waals surface area contributed by atoms with Gasteiger partial charge in [0.2, 0.25) is 5.91 Å². The monoisotopic (exact) mass is 256 g/mol. The highest BCUT2D eigenvalue weighted by Crippen LogP contribution is 2.10. The second-order valence-corrected chi connectivity index (χ2v) is 4.45. The molecule has 104 valence electrons. The summed E-state index contributed by atoms with van der Waals surface area (Å²) >= 11 is 0. The fraction of sp³-hybridized carbons (Fsp3) is 0.833. The van der Waals surface area contributed by atoms with Crippen LogP contribution in [0.5, 0.6) is 0 Å². The van der Waals surface area contributed by atoms with Crippen molar-refractivity contribution >= 4 is 11.9 Å². The van der Waals surface area contributed by atoms with E-state index in [1.807, 2.05) is 13.8 Å². The molecule has 0 radical (unpaired) electrons. The van der Waals surface area contributed by atoms with Crippen molar-refractivity contribution in [2.75, 3.05) is 32.7 Å². The van der Waals surface area contributed by atoms with E-state index >= 15 is 0 Å². The van der Waals surface area contributed by atoms with E-state index in [9.17, 15) is 9.59 Å². The van der Waals surface area contributed by atoms with E-state index < -0.39 is 6.03 Å². The molecule has 0 atom stereocenters. The number of piperidine rings is 1. The van der Waals surface area contributed by atoms with Crippen molar-refractivity contribution in [1.29, 1.82) is 0 Å². The summed E-state index contributed by atoms with van der Waals surface area (Å²) in [5.74, 6) is -0.235. The lowest BCUT2D eigenvalue weighted by atomic mass is 10.0. The van der Waals surface area contributed by atoms with Crippen molar-refractivity contribution in [3.63, 3.8) is 0 Å². The van der Waals surface area contributed by atoms with Gasteiger partial charge < -0.3 is 10.6 Å². The number of nitrogens with one attached hydrogen (secondary N) is 3. The minimum atomic E-state index is -0.413. The molecule has 0 aromatic rings. The first-order valence-electron chi connectivity index (χ1n) is 6.69. The number of carbonyl (C=O) groups excluding carboxylic acids is 2. The maximum atomic E-state index is 11.7. The number of carbonyl (C=O) groups is 2. The summed E-state index contributed by atoms with van der Waals surface area (Å²) in [7, 11) is 0. The molecule has 0 spiro atoms. The summed E-state index contributed by atoms with van der Waals surface area (Å²) in [6, 6.07) is 0.0279. The van der Waals surface area contributed by atoms with Crippen LogP contribution in [0.4, 0.5) is 4.79 Å². The van der Waals surface area contributed by atoms with Gasteiger partial charge in [-0.3, -0.25) is 15.0 Å². The van der Waals surface area contributed by atoms with Crippen molar-refractivity contribution in [1.82, 2.24) is 20.9 Å². The highest BCUT2D eigenvalue weighted by Gasteiger charge is 2.22. The molecule has 0 aromatic carbocycles. The number of hydrogen-bond donors (Lipinski definition) is 3. The Balaban J connectivity index is 2.37. The van der Waals surface area contributed by atoms with Crippen LogP contribution in [0.3, 0.4) is 0 Å². The number of likely N-dealkylation sites (N-methyl/N-ethyl adjacent to an activating group) is 1. The van der Waals surface area contributed by atoms with E-state index in [1.165, 1.54) is 0 Å². The normalized spacial score (nSPS) is 16.6. The average molecular weight is 256 g/mol. The van der Waals surface area contributed by atoms with Crippen LogP contribution in [0.2, 0.25) is 0 Å². The van der Waals surface area contributed by atoms with Gasteiger partial charge in [-0.05, 0) is 39.4 Å². The number of urea groups is 1. The molecule has 1 saturated heterocycles. The van der Waals surface area contributed by atoms with Gasteiger partial charge in [0, 0.05) is 12.6 Å². The van der Waals surface area contributed by atoms with Crippen molar-refractivity contribution in [2.45, 2.75) is 32.7 Å². The Labute approximate surface area is 108 Å². The van der Waals surface area contributed by atoms with Crippen molar-refractivity contribution < 1.29 is 9.59 Å². The lowest BCUT2D eigenvalue weighted by Gasteiger charge is -2.33. The second kappa shape index (κ2) is 8.05. The summed E-state index contributed by atoms with van der Waals surface area (Å²) in [5, 5.41) is 8.19. The van der Waals surface area contributed by atoms with Gasteiger partial charge in [-0.15, -0.1) is 0 Å². The maximum absolute atomic E-state index is 11.7. The Morgan fingerprint density at radius 1 is 1.28 bits per heavy atom. The predicted octanol–water partition coefficient (Wildman–Crippen LogP) is -0.0940. The van der Waals surface area contributed by atoms with E-state index in [2.05, 4.69) is 20.9 Å². The van der Waals surface area contributed by atoms with Gasteiger partial charge in [-0.25, -0.2) is 4.79 Å². The molecular weight excluding hydrogens is 232 g/mol. The minimum Gasteiger partial charge on any atom is -0.338 e. The zero-order chi connectivity index (χ0) is 13.4. The van der Waals surface area contributed by atoms with Gasteiger partial charge in [0.05, 0.1) is 6.54 Å². The van der Waals surface area contributed by atoms with Crippen molar-refractivity contribution in [3.8, 4) is 0 Å². The van der Waals surface area contributed by atoms with Crippen molar-refractivity contribution in [2.24, 2.45) is 0 Å². The molecule has 1 heterocycles. The summed E-state index contributed by atoms with van der Waals surface area (Å²) in [4.78, 5) is 25.1. The smallest absolute Gasteiger partial charge is 0.321 e. The Hall–Kier alpha value is -1.14. The molecule has 0 unspecified atom stereocenters. The predicted molar refractivity (Wildman–Crippen MR) is 70.4 cm³/mol. The summed E-state index contributed by atoms with van der Waals surface area (Å²) in [6.07, 6.45) is 2.12. The first kappa shape index (κ1) is 14.9. The van der Waals surface area contributed by atoms with Crippen LogP contribution in [0.1, 0.15) is 26.7 Å². The zero-order valence-electron chi connectivity index (χ0n) is 11.3. The lowest BCUT2D eigenvalue weighted by molar-refractivity contribution is -0.121. The first-order chi connectivity index (χ1) is 8.67. The van der Waals surface area contributed by atoms with E-state index in [0.29, 0.717) is 12.6 Å². The molecule has 0 aromatic heterocycles. The van der Waals surface area contributed by atoms with Crippen LogP contribution in [0, 0.1) is 0 Å². The van der Waals surface area contributed by atoms with E-state index in [-0.39, 0.29) is 12.5 Å². The van der Waals surface area contributed by atoms with Gasteiger partial charge in [0.1, 0.15) is 0 Å². The molecule has 6 nitrogen and oxygen atoms in total. The molecule has 0 saturated carbocycles. The molecule has 3 amide bonds. The molecule has 18 heavy (non-hydrogen) atoms. The maximum Gasteiger partial charge on any atom is 0.321 e. The largest absolute Gasteiger partial charge is 0.338 e. The lowest BCUT2D eigenvalue weighted by Crippen LogP contribution is -2.49. The molecule has 1 fully saturated rings. The van der Waals surface area contributed by atoms with E-state index in [4.69, 9.17) is 0 Å². The standard InChI is InChI=1S/C12H24N4O2/c1-3-14-12(18)15-11(17)9-16(4-2)10-5-7-13-8-6-10/h10,13H,3-9H2,1-2H3,(H2,14,15,17,18). The number of rotatable bonds is 5. The first-order valence-corrected chi connectivity index (χ1v) is 6.69. The molecular formula is C12H24N4O2.